The Labute approximate surface area is 156 Å². The molecule has 0 spiro atoms. The third kappa shape index (κ3) is 3.71. The number of sulfonamides is 1. The summed E-state index contributed by atoms with van der Waals surface area (Å²) in [4.78, 5) is 4.77. The Bertz CT molecular complexity index is 919. The van der Waals surface area contributed by atoms with Gasteiger partial charge in [0.1, 0.15) is 5.82 Å². The molecule has 1 saturated carbocycles. The van der Waals surface area contributed by atoms with E-state index in [0.29, 0.717) is 10.8 Å². The third-order valence-corrected chi connectivity index (χ3v) is 6.85. The Morgan fingerprint density at radius 2 is 1.88 bits per heavy atom. The molecule has 1 N–H and O–H groups in total. The van der Waals surface area contributed by atoms with Gasteiger partial charge in [-0.25, -0.2) is 18.1 Å². The van der Waals surface area contributed by atoms with Gasteiger partial charge in [-0.1, -0.05) is 26.8 Å². The molecule has 1 atom stereocenters. The number of rotatable bonds is 5. The normalized spacial score (nSPS) is 16.7. The van der Waals surface area contributed by atoms with Crippen LogP contribution in [-0.2, 0) is 22.5 Å². The van der Waals surface area contributed by atoms with Gasteiger partial charge >= 0.3 is 0 Å². The van der Waals surface area contributed by atoms with Crippen molar-refractivity contribution in [2.45, 2.75) is 63.8 Å². The van der Waals surface area contributed by atoms with E-state index in [0.717, 1.165) is 35.4 Å². The fourth-order valence-corrected chi connectivity index (χ4v) is 4.84. The lowest BCUT2D eigenvalue weighted by molar-refractivity contribution is 0.499. The minimum absolute atomic E-state index is 0.113. The molecule has 26 heavy (non-hydrogen) atoms. The number of nitrogens with one attached hydrogen (secondary N) is 1. The van der Waals surface area contributed by atoms with Crippen molar-refractivity contribution < 1.29 is 8.42 Å². The van der Waals surface area contributed by atoms with Crippen LogP contribution in [0.4, 0.5) is 0 Å². The molecule has 1 aliphatic carbocycles. The predicted octanol–water partition coefficient (Wildman–Crippen LogP) is 3.76. The predicted molar refractivity (Wildman–Crippen MR) is 104 cm³/mol. The van der Waals surface area contributed by atoms with E-state index in [9.17, 15) is 8.42 Å². The van der Waals surface area contributed by atoms with E-state index in [1.54, 1.807) is 6.20 Å². The van der Waals surface area contributed by atoms with Gasteiger partial charge in [0.15, 0.2) is 0 Å². The molecule has 0 saturated heterocycles. The Morgan fingerprint density at radius 1 is 1.23 bits per heavy atom. The molecule has 6 heteroatoms. The quantitative estimate of drug-likeness (QED) is 0.865. The largest absolute Gasteiger partial charge is 0.337 e. The fourth-order valence-electron chi connectivity index (χ4n) is 3.24. The fraction of sp³-hybridized carbons (Fsp3) is 0.550. The summed E-state index contributed by atoms with van der Waals surface area (Å²) in [6.45, 7) is 10.1. The van der Waals surface area contributed by atoms with Crippen LogP contribution in [0.3, 0.4) is 0 Å². The highest BCUT2D eigenvalue weighted by Gasteiger charge is 2.38. The van der Waals surface area contributed by atoms with Gasteiger partial charge in [-0.05, 0) is 60.8 Å². The van der Waals surface area contributed by atoms with Gasteiger partial charge in [0, 0.05) is 19.4 Å². The van der Waals surface area contributed by atoms with Crippen molar-refractivity contribution in [3.8, 4) is 0 Å². The number of hydrogen-bond acceptors (Lipinski definition) is 3. The molecule has 1 heterocycles. The van der Waals surface area contributed by atoms with E-state index < -0.39 is 10.0 Å². The summed E-state index contributed by atoms with van der Waals surface area (Å²) in [5, 5.41) is 0. The Morgan fingerprint density at radius 3 is 2.38 bits per heavy atom. The zero-order valence-corrected chi connectivity index (χ0v) is 17.3. The van der Waals surface area contributed by atoms with Crippen LogP contribution in [-0.4, -0.2) is 18.0 Å². The van der Waals surface area contributed by atoms with Crippen molar-refractivity contribution in [2.24, 2.45) is 13.0 Å². The second kappa shape index (κ2) is 6.50. The summed E-state index contributed by atoms with van der Waals surface area (Å²) in [7, 11) is -1.74. The molecule has 1 aliphatic rings. The van der Waals surface area contributed by atoms with Crippen molar-refractivity contribution in [1.82, 2.24) is 14.3 Å². The van der Waals surface area contributed by atoms with Crippen molar-refractivity contribution >= 4 is 10.0 Å². The van der Waals surface area contributed by atoms with E-state index in [2.05, 4.69) is 36.5 Å². The Balaban J connectivity index is 2.02. The summed E-state index contributed by atoms with van der Waals surface area (Å²) >= 11 is 0. The molecule has 1 aromatic heterocycles. The summed E-state index contributed by atoms with van der Waals surface area (Å²) in [6, 6.07) is 3.64. The minimum Gasteiger partial charge on any atom is -0.337 e. The maximum absolute atomic E-state index is 13.3. The Kier molecular flexibility index (Phi) is 4.78. The van der Waals surface area contributed by atoms with Crippen molar-refractivity contribution in [3.63, 3.8) is 0 Å². The molecular weight excluding hydrogens is 346 g/mol. The monoisotopic (exact) mass is 375 g/mol. The van der Waals surface area contributed by atoms with Gasteiger partial charge in [0.05, 0.1) is 10.9 Å². The second-order valence-corrected chi connectivity index (χ2v) is 10.2. The molecule has 0 amide bonds. The van der Waals surface area contributed by atoms with Crippen LogP contribution >= 0.6 is 0 Å². The highest BCUT2D eigenvalue weighted by atomic mass is 32.2. The van der Waals surface area contributed by atoms with Gasteiger partial charge < -0.3 is 4.57 Å². The van der Waals surface area contributed by atoms with Gasteiger partial charge in [-0.15, -0.1) is 0 Å². The lowest BCUT2D eigenvalue weighted by Crippen LogP contribution is -2.32. The lowest BCUT2D eigenvalue weighted by Gasteiger charge is -2.24. The SMILES string of the molecule is Cc1cc(C(C)(C)C)cc(S(=O)(=O)NC(c2nccn2C)C2CC2)c1C. The van der Waals surface area contributed by atoms with Crippen LogP contribution < -0.4 is 4.72 Å². The maximum atomic E-state index is 13.3. The van der Waals surface area contributed by atoms with Crippen LogP contribution in [0.15, 0.2) is 29.4 Å². The summed E-state index contributed by atoms with van der Waals surface area (Å²) in [5.41, 5.74) is 2.72. The smallest absolute Gasteiger partial charge is 0.241 e. The van der Waals surface area contributed by atoms with Crippen molar-refractivity contribution in [2.75, 3.05) is 0 Å². The van der Waals surface area contributed by atoms with E-state index in [1.165, 1.54) is 0 Å². The zero-order chi connectivity index (χ0) is 19.3. The summed E-state index contributed by atoms with van der Waals surface area (Å²) in [5.74, 6) is 1.09. The van der Waals surface area contributed by atoms with Crippen LogP contribution in [0.5, 0.6) is 0 Å². The zero-order valence-electron chi connectivity index (χ0n) is 16.5. The molecule has 1 fully saturated rings. The first-order valence-electron chi connectivity index (χ1n) is 9.12. The molecule has 5 nitrogen and oxygen atoms in total. The minimum atomic E-state index is -3.65. The average molecular weight is 376 g/mol. The molecule has 142 valence electrons. The summed E-state index contributed by atoms with van der Waals surface area (Å²) < 4.78 is 31.4. The van der Waals surface area contributed by atoms with Gasteiger partial charge in [0.25, 0.3) is 0 Å². The first kappa shape index (κ1) is 19.1. The molecule has 1 aromatic carbocycles. The highest BCUT2D eigenvalue weighted by molar-refractivity contribution is 7.89. The lowest BCUT2D eigenvalue weighted by atomic mass is 9.85. The molecule has 3 rings (SSSR count). The average Bonchev–Trinajstić information content (AvgIpc) is 3.28. The van der Waals surface area contributed by atoms with E-state index in [-0.39, 0.29) is 11.5 Å². The van der Waals surface area contributed by atoms with E-state index in [4.69, 9.17) is 0 Å². The standard InChI is InChI=1S/C20H29N3O2S/c1-13-11-16(20(3,4)5)12-17(14(13)2)26(24,25)22-18(15-7-8-15)19-21-9-10-23(19)6/h9-12,15,18,22H,7-8H2,1-6H3. The van der Waals surface area contributed by atoms with Crippen molar-refractivity contribution in [3.05, 3.63) is 47.0 Å². The second-order valence-electron chi connectivity index (χ2n) is 8.50. The topological polar surface area (TPSA) is 64.0 Å². The molecule has 2 aromatic rings. The number of nitrogens with zero attached hydrogens (tertiary/aromatic N) is 2. The highest BCUT2D eigenvalue weighted by Crippen LogP contribution is 2.41. The number of aryl methyl sites for hydroxylation is 2. The van der Waals surface area contributed by atoms with Crippen LogP contribution in [0.25, 0.3) is 0 Å². The molecule has 0 bridgehead atoms. The Hall–Kier alpha value is -1.66. The first-order valence-corrected chi connectivity index (χ1v) is 10.6. The van der Waals surface area contributed by atoms with Crippen LogP contribution in [0.2, 0.25) is 0 Å². The molecule has 1 unspecified atom stereocenters. The molecular formula is C20H29N3O2S. The van der Waals surface area contributed by atoms with Gasteiger partial charge in [-0.2, -0.15) is 0 Å². The first-order chi connectivity index (χ1) is 12.0. The van der Waals surface area contributed by atoms with Crippen molar-refractivity contribution in [1.29, 1.82) is 0 Å². The number of imidazole rings is 1. The number of benzene rings is 1. The summed E-state index contributed by atoms with van der Waals surface area (Å²) in [6.07, 6.45) is 5.63. The number of hydrogen-bond donors (Lipinski definition) is 1. The maximum Gasteiger partial charge on any atom is 0.241 e. The van der Waals surface area contributed by atoms with Crippen LogP contribution in [0.1, 0.15) is 62.2 Å². The molecule has 0 aliphatic heterocycles. The van der Waals surface area contributed by atoms with E-state index in [1.807, 2.05) is 37.7 Å². The van der Waals surface area contributed by atoms with E-state index >= 15 is 0 Å². The van der Waals surface area contributed by atoms with Gasteiger partial charge in [-0.3, -0.25) is 0 Å². The molecule has 0 radical (unpaired) electrons. The number of aromatic nitrogens is 2. The van der Waals surface area contributed by atoms with Gasteiger partial charge in [0.2, 0.25) is 10.0 Å². The third-order valence-electron chi connectivity index (χ3n) is 5.29. The van der Waals surface area contributed by atoms with Crippen LogP contribution in [0, 0.1) is 19.8 Å².